The monoisotopic (exact) mass is 511 g/mol. The molecule has 0 saturated carbocycles. The molecule has 3 nitrogen and oxygen atoms in total. The van der Waals surface area contributed by atoms with Crippen molar-refractivity contribution in [2.24, 2.45) is 0 Å². The Kier molecular flexibility index (Phi) is 11.0. The third-order valence-corrected chi connectivity index (χ3v) is 17.8. The van der Waals surface area contributed by atoms with Crippen molar-refractivity contribution in [2.75, 3.05) is 0 Å². The molecule has 0 amide bonds. The third-order valence-electron chi connectivity index (χ3n) is 6.33. The van der Waals surface area contributed by atoms with Gasteiger partial charge in [-0.2, -0.15) is 5.26 Å². The molecule has 2 rings (SSSR count). The molecule has 0 unspecified atom stereocenters. The first kappa shape index (κ1) is 28.7. The number of hydrogen-bond donors (Lipinski definition) is 0. The highest BCUT2D eigenvalue weighted by Crippen LogP contribution is 2.26. The Bertz CT molecular complexity index is 916. The second-order valence-corrected chi connectivity index (χ2v) is 23.1. The fraction of sp³-hybridized carbons (Fsp3) is 0.536. The van der Waals surface area contributed by atoms with E-state index in [2.05, 4.69) is 76.5 Å². The summed E-state index contributed by atoms with van der Waals surface area (Å²) in [5.41, 5.74) is 2.98. The molecule has 2 aromatic carbocycles. The van der Waals surface area contributed by atoms with Gasteiger partial charge in [0.2, 0.25) is 8.32 Å². The van der Waals surface area contributed by atoms with Gasteiger partial charge in [0.25, 0.3) is 0 Å². The minimum Gasteiger partial charge on any atom is -0.437 e. The highest BCUT2D eigenvalue weighted by Gasteiger charge is 2.40. The van der Waals surface area contributed by atoms with Crippen molar-refractivity contribution in [3.8, 4) is 17.2 Å². The Hall–Kier alpha value is -1.50. The summed E-state index contributed by atoms with van der Waals surface area (Å²) in [4.78, 5) is 0. The van der Waals surface area contributed by atoms with Crippen LogP contribution in [0.4, 0.5) is 0 Å². The third kappa shape index (κ3) is 9.63. The van der Waals surface area contributed by atoms with Gasteiger partial charge in [0, 0.05) is 0 Å². The van der Waals surface area contributed by atoms with Crippen molar-refractivity contribution in [1.29, 1.82) is 5.26 Å². The zero-order chi connectivity index (χ0) is 25.2. The van der Waals surface area contributed by atoms with Crippen LogP contribution in [0.1, 0.15) is 57.4 Å². The molecule has 0 aliphatic heterocycles. The van der Waals surface area contributed by atoms with Crippen LogP contribution in [0, 0.1) is 11.3 Å². The summed E-state index contributed by atoms with van der Waals surface area (Å²) in [5.74, 6) is 0. The molecule has 2 aromatic rings. The van der Waals surface area contributed by atoms with Gasteiger partial charge in [0.05, 0.1) is 11.6 Å². The van der Waals surface area contributed by atoms with Crippen molar-refractivity contribution in [1.82, 2.24) is 0 Å². The number of rotatable bonds is 14. The lowest BCUT2D eigenvalue weighted by atomic mass is 10.0. The highest BCUT2D eigenvalue weighted by molar-refractivity contribution is 6.93. The fourth-order valence-corrected chi connectivity index (χ4v) is 18.5. The topological polar surface area (TPSA) is 42.2 Å². The molecule has 0 N–H and O–H groups in total. The summed E-state index contributed by atoms with van der Waals surface area (Å²) in [6.07, 6.45) is 9.43. The first-order valence-corrected chi connectivity index (χ1v) is 21.8. The Morgan fingerprint density at radius 1 is 0.676 bits per heavy atom. The van der Waals surface area contributed by atoms with E-state index < -0.39 is 25.2 Å². The lowest BCUT2D eigenvalue weighted by Crippen LogP contribution is -2.56. The van der Waals surface area contributed by atoms with Gasteiger partial charge in [-0.3, -0.25) is 0 Å². The summed E-state index contributed by atoms with van der Waals surface area (Å²) in [5, 5.41) is 10.3. The van der Waals surface area contributed by atoms with E-state index >= 15 is 0 Å². The molecular formula is C28H45NO2Si3. The zero-order valence-corrected chi connectivity index (χ0v) is 25.5. The largest absolute Gasteiger partial charge is 0.437 e. The average Bonchev–Trinajstić information content (AvgIpc) is 2.77. The predicted octanol–water partition coefficient (Wildman–Crippen LogP) is 8.33. The smallest absolute Gasteiger partial charge is 0.311 e. The van der Waals surface area contributed by atoms with Crippen molar-refractivity contribution >= 4 is 30.4 Å². The van der Waals surface area contributed by atoms with E-state index in [1.54, 1.807) is 0 Å². The maximum Gasteiger partial charge on any atom is 0.311 e. The number of benzene rings is 2. The second-order valence-electron chi connectivity index (χ2n) is 11.0. The summed E-state index contributed by atoms with van der Waals surface area (Å²) in [6.45, 7) is 16.0. The molecule has 0 atom stereocenters. The first-order chi connectivity index (χ1) is 16.0. The van der Waals surface area contributed by atoms with E-state index in [0.29, 0.717) is 5.56 Å². The van der Waals surface area contributed by atoms with Crippen LogP contribution in [0.3, 0.4) is 0 Å². The van der Waals surface area contributed by atoms with Gasteiger partial charge < -0.3 is 8.23 Å². The summed E-state index contributed by atoms with van der Waals surface area (Å²) >= 11 is 0. The van der Waals surface area contributed by atoms with E-state index in [9.17, 15) is 0 Å². The van der Waals surface area contributed by atoms with Gasteiger partial charge in [-0.1, -0.05) is 88.3 Å². The lowest BCUT2D eigenvalue weighted by Gasteiger charge is -2.39. The molecule has 0 heterocycles. The van der Waals surface area contributed by atoms with Crippen LogP contribution >= 0.6 is 0 Å². The van der Waals surface area contributed by atoms with Crippen molar-refractivity contribution < 1.29 is 8.23 Å². The molecule has 0 radical (unpaired) electrons. The van der Waals surface area contributed by atoms with Gasteiger partial charge >= 0.3 is 8.56 Å². The normalized spacial score (nSPS) is 12.5. The molecular weight excluding hydrogens is 467 g/mol. The first-order valence-electron chi connectivity index (χ1n) is 13.0. The number of hydrogen-bond acceptors (Lipinski definition) is 3. The fourth-order valence-electron chi connectivity index (χ4n) is 4.72. The van der Waals surface area contributed by atoms with Crippen LogP contribution in [-0.2, 0) is 8.23 Å². The molecule has 0 bridgehead atoms. The lowest BCUT2D eigenvalue weighted by molar-refractivity contribution is 0.393. The van der Waals surface area contributed by atoms with E-state index in [-0.39, 0.29) is 0 Å². The second kappa shape index (κ2) is 13.0. The Morgan fingerprint density at radius 2 is 1.18 bits per heavy atom. The van der Waals surface area contributed by atoms with E-state index in [1.807, 2.05) is 24.3 Å². The van der Waals surface area contributed by atoms with Gasteiger partial charge in [0.15, 0.2) is 8.32 Å². The molecule has 0 aromatic heterocycles. The van der Waals surface area contributed by atoms with Crippen LogP contribution in [0.15, 0.2) is 48.5 Å². The quantitative estimate of drug-likeness (QED) is 0.189. The van der Waals surface area contributed by atoms with Crippen LogP contribution in [-0.4, -0.2) is 25.2 Å². The van der Waals surface area contributed by atoms with E-state index in [4.69, 9.17) is 13.5 Å². The van der Waals surface area contributed by atoms with Crippen molar-refractivity contribution in [2.45, 2.75) is 97.2 Å². The maximum atomic E-state index is 9.01. The average molecular weight is 512 g/mol. The number of nitriles is 1. The highest BCUT2D eigenvalue weighted by atomic mass is 28.5. The minimum atomic E-state index is -2.24. The van der Waals surface area contributed by atoms with E-state index in [0.717, 1.165) is 11.1 Å². The maximum absolute atomic E-state index is 9.01. The standard InChI is InChI=1S/C28H45NO2Si3/c1-8-9-10-11-12-13-14-23-32(2,3)30-34(6,7)31-33(4,5)28-21-19-27(20-22-28)26-17-15-25(24-29)16-18-26/h15-22H,8-14,23H2,1-7H3. The summed E-state index contributed by atoms with van der Waals surface area (Å²) in [6, 6.07) is 19.9. The predicted molar refractivity (Wildman–Crippen MR) is 154 cm³/mol. The number of unbranched alkanes of at least 4 members (excludes halogenated alkanes) is 6. The van der Waals surface area contributed by atoms with Crippen LogP contribution in [0.5, 0.6) is 0 Å². The van der Waals surface area contributed by atoms with Gasteiger partial charge in [0.1, 0.15) is 0 Å². The van der Waals surface area contributed by atoms with Crippen LogP contribution < -0.4 is 5.19 Å². The van der Waals surface area contributed by atoms with Gasteiger partial charge in [-0.25, -0.2) is 0 Å². The van der Waals surface area contributed by atoms with Crippen LogP contribution in [0.2, 0.25) is 45.3 Å². The molecule has 0 fully saturated rings. The summed E-state index contributed by atoms with van der Waals surface area (Å²) in [7, 11) is -6.07. The van der Waals surface area contributed by atoms with Crippen molar-refractivity contribution in [3.05, 3.63) is 54.1 Å². The van der Waals surface area contributed by atoms with E-state index in [1.165, 1.54) is 56.2 Å². The van der Waals surface area contributed by atoms with Gasteiger partial charge in [-0.05, 0) is 73.8 Å². The molecule has 6 heteroatoms. The molecule has 0 aliphatic carbocycles. The Morgan fingerprint density at radius 3 is 1.71 bits per heavy atom. The Labute approximate surface area is 212 Å². The molecule has 186 valence electrons. The zero-order valence-electron chi connectivity index (χ0n) is 22.5. The SMILES string of the molecule is CCCCCCCCC[Si](C)(C)O[Si](C)(C)O[Si](C)(C)c1ccc(-c2ccc(C#N)cc2)cc1. The molecule has 34 heavy (non-hydrogen) atoms. The minimum absolute atomic E-state index is 0.688. The van der Waals surface area contributed by atoms with Gasteiger partial charge in [-0.15, -0.1) is 0 Å². The summed E-state index contributed by atoms with van der Waals surface area (Å²) < 4.78 is 13.7. The Balaban J connectivity index is 1.93. The van der Waals surface area contributed by atoms with Crippen molar-refractivity contribution in [3.63, 3.8) is 0 Å². The van der Waals surface area contributed by atoms with Crippen LogP contribution in [0.25, 0.3) is 11.1 Å². The molecule has 0 spiro atoms. The number of nitrogens with zero attached hydrogens (tertiary/aromatic N) is 1. The molecule has 0 aliphatic rings. The molecule has 0 saturated heterocycles.